The molecule has 0 radical (unpaired) electrons. The number of hydrogen-bond donors (Lipinski definition) is 2. The number of methoxy groups -OCH3 is 1. The molecule has 0 unspecified atom stereocenters. The first kappa shape index (κ1) is 21.2. The fourth-order valence-corrected chi connectivity index (χ4v) is 3.07. The molecule has 0 bridgehead atoms. The molecule has 4 rings (SSSR count). The molecule has 0 aliphatic carbocycles. The smallest absolute Gasteiger partial charge is 0.319 e. The van der Waals surface area contributed by atoms with Crippen LogP contribution in [0.4, 0.5) is 10.5 Å². The molecule has 166 valence electrons. The molecule has 2 N–H and O–H groups in total. The summed E-state index contributed by atoms with van der Waals surface area (Å²) in [5.74, 6) is 3.46. The molecule has 0 saturated heterocycles. The minimum absolute atomic E-state index is 0.224. The van der Waals surface area contributed by atoms with Gasteiger partial charge >= 0.3 is 6.03 Å². The molecule has 1 heterocycles. The Morgan fingerprint density at radius 1 is 0.906 bits per heavy atom. The van der Waals surface area contributed by atoms with Crippen molar-refractivity contribution in [2.24, 2.45) is 0 Å². The van der Waals surface area contributed by atoms with E-state index in [1.54, 1.807) is 19.2 Å². The van der Waals surface area contributed by atoms with Crippen LogP contribution in [-0.4, -0.2) is 33.1 Å². The zero-order chi connectivity index (χ0) is 22.2. The highest BCUT2D eigenvalue weighted by molar-refractivity contribution is 5.89. The van der Waals surface area contributed by atoms with Crippen LogP contribution in [0.1, 0.15) is 5.56 Å². The van der Waals surface area contributed by atoms with Crippen molar-refractivity contribution in [3.63, 3.8) is 0 Å². The van der Waals surface area contributed by atoms with Gasteiger partial charge in [0.1, 0.15) is 30.5 Å². The zero-order valence-corrected chi connectivity index (χ0v) is 17.6. The van der Waals surface area contributed by atoms with Crippen molar-refractivity contribution < 1.29 is 28.5 Å². The molecule has 1 aliphatic rings. The molecule has 0 atom stereocenters. The van der Waals surface area contributed by atoms with Crippen LogP contribution in [0.15, 0.2) is 66.7 Å². The molecule has 32 heavy (non-hydrogen) atoms. The summed E-state index contributed by atoms with van der Waals surface area (Å²) in [6.45, 7) is 1.27. The largest absolute Gasteiger partial charge is 0.497 e. The highest BCUT2D eigenvalue weighted by Gasteiger charge is 2.13. The first-order valence-electron chi connectivity index (χ1n) is 10.1. The number of nitrogens with one attached hydrogen (secondary N) is 2. The van der Waals surface area contributed by atoms with Crippen molar-refractivity contribution >= 4 is 11.7 Å². The van der Waals surface area contributed by atoms with Crippen molar-refractivity contribution in [2.45, 2.75) is 6.61 Å². The summed E-state index contributed by atoms with van der Waals surface area (Å²) in [4.78, 5) is 12.2. The van der Waals surface area contributed by atoms with Crippen LogP contribution in [-0.2, 0) is 6.61 Å². The van der Waals surface area contributed by atoms with Gasteiger partial charge in [-0.2, -0.15) is 0 Å². The lowest BCUT2D eigenvalue weighted by Gasteiger charge is -2.11. The molecule has 2 amide bonds. The summed E-state index contributed by atoms with van der Waals surface area (Å²) in [7, 11) is 1.60. The number of carbonyl (C=O) groups is 1. The predicted octanol–water partition coefficient (Wildman–Crippen LogP) is 4.20. The number of benzene rings is 3. The lowest BCUT2D eigenvalue weighted by molar-refractivity contribution is 0.173. The summed E-state index contributed by atoms with van der Waals surface area (Å²) in [6, 6.07) is 19.9. The van der Waals surface area contributed by atoms with E-state index in [1.165, 1.54) is 0 Å². The molecular weight excluding hydrogens is 412 g/mol. The van der Waals surface area contributed by atoms with E-state index in [9.17, 15) is 4.79 Å². The maximum atomic E-state index is 12.2. The Hall–Kier alpha value is -4.07. The zero-order valence-electron chi connectivity index (χ0n) is 17.6. The minimum Gasteiger partial charge on any atom is -0.497 e. The minimum atomic E-state index is -0.312. The fourth-order valence-electron chi connectivity index (χ4n) is 3.07. The maximum absolute atomic E-state index is 12.2. The van der Waals surface area contributed by atoms with E-state index in [2.05, 4.69) is 10.6 Å². The van der Waals surface area contributed by atoms with Crippen LogP contribution in [0.3, 0.4) is 0 Å². The molecule has 1 aliphatic heterocycles. The van der Waals surface area contributed by atoms with Crippen molar-refractivity contribution in [3.05, 3.63) is 72.3 Å². The van der Waals surface area contributed by atoms with Crippen LogP contribution < -0.4 is 34.3 Å². The van der Waals surface area contributed by atoms with Gasteiger partial charge in [0.2, 0.25) is 6.79 Å². The molecule has 3 aromatic rings. The maximum Gasteiger partial charge on any atom is 0.319 e. The van der Waals surface area contributed by atoms with E-state index in [-0.39, 0.29) is 12.8 Å². The molecule has 8 heteroatoms. The first-order valence-corrected chi connectivity index (χ1v) is 10.1. The van der Waals surface area contributed by atoms with E-state index in [0.29, 0.717) is 48.4 Å². The van der Waals surface area contributed by atoms with Crippen LogP contribution >= 0.6 is 0 Å². The Kier molecular flexibility index (Phi) is 6.81. The number of amides is 2. The number of ether oxygens (including phenoxy) is 5. The number of urea groups is 1. The van der Waals surface area contributed by atoms with Gasteiger partial charge in [0.15, 0.2) is 11.5 Å². The summed E-state index contributed by atoms with van der Waals surface area (Å²) in [5.41, 5.74) is 1.59. The van der Waals surface area contributed by atoms with Gasteiger partial charge in [0.05, 0.1) is 13.7 Å². The second kappa shape index (κ2) is 10.3. The third-order valence-corrected chi connectivity index (χ3v) is 4.63. The van der Waals surface area contributed by atoms with E-state index >= 15 is 0 Å². The third-order valence-electron chi connectivity index (χ3n) is 4.63. The summed E-state index contributed by atoms with van der Waals surface area (Å²) in [6.07, 6.45) is 0. The molecular formula is C24H24N2O6. The Morgan fingerprint density at radius 2 is 1.72 bits per heavy atom. The van der Waals surface area contributed by atoms with Gasteiger partial charge in [0.25, 0.3) is 0 Å². The second-order valence-corrected chi connectivity index (χ2v) is 6.91. The fraction of sp³-hybridized carbons (Fsp3) is 0.208. The molecule has 8 nitrogen and oxygen atoms in total. The van der Waals surface area contributed by atoms with E-state index in [4.69, 9.17) is 23.7 Å². The summed E-state index contributed by atoms with van der Waals surface area (Å²) < 4.78 is 27.3. The number of anilines is 1. The van der Waals surface area contributed by atoms with Gasteiger partial charge in [-0.3, -0.25) is 0 Å². The molecule has 3 aromatic carbocycles. The van der Waals surface area contributed by atoms with Crippen molar-refractivity contribution in [2.75, 3.05) is 32.4 Å². The average Bonchev–Trinajstić information content (AvgIpc) is 3.29. The van der Waals surface area contributed by atoms with E-state index < -0.39 is 0 Å². The monoisotopic (exact) mass is 436 g/mol. The second-order valence-electron chi connectivity index (χ2n) is 6.91. The molecule has 0 saturated carbocycles. The number of rotatable bonds is 9. The highest BCUT2D eigenvalue weighted by Crippen LogP contribution is 2.35. The van der Waals surface area contributed by atoms with Crippen molar-refractivity contribution in [3.8, 4) is 28.7 Å². The Balaban J connectivity index is 1.21. The number of fused-ring (bicyclic) bond motifs is 1. The Morgan fingerprint density at radius 3 is 2.62 bits per heavy atom. The van der Waals surface area contributed by atoms with Gasteiger partial charge < -0.3 is 34.3 Å². The standard InChI is InChI=1S/C24H24N2O6/c1-28-19-6-3-7-20(13-19)29-11-10-25-24(27)26-18-5-2-4-17(12-18)15-30-21-8-9-22-23(14-21)32-16-31-22/h2-9,12-14H,10-11,15-16H2,1H3,(H2,25,26,27). The van der Waals surface area contributed by atoms with Gasteiger partial charge in [-0.25, -0.2) is 4.79 Å². The predicted molar refractivity (Wildman–Crippen MR) is 119 cm³/mol. The topological polar surface area (TPSA) is 87.3 Å². The Labute approximate surface area is 186 Å². The van der Waals surface area contributed by atoms with Gasteiger partial charge in [-0.1, -0.05) is 18.2 Å². The van der Waals surface area contributed by atoms with Crippen LogP contribution in [0.2, 0.25) is 0 Å². The molecule has 0 fully saturated rings. The van der Waals surface area contributed by atoms with Gasteiger partial charge in [-0.05, 0) is 42.0 Å². The van der Waals surface area contributed by atoms with Gasteiger partial charge in [-0.15, -0.1) is 0 Å². The normalized spacial score (nSPS) is 11.5. The number of carbonyl (C=O) groups excluding carboxylic acids is 1. The number of hydrogen-bond acceptors (Lipinski definition) is 6. The van der Waals surface area contributed by atoms with Gasteiger partial charge in [0, 0.05) is 17.8 Å². The summed E-state index contributed by atoms with van der Waals surface area (Å²) >= 11 is 0. The Bertz CT molecular complexity index is 1070. The van der Waals surface area contributed by atoms with Crippen LogP contribution in [0, 0.1) is 0 Å². The lowest BCUT2D eigenvalue weighted by atomic mass is 10.2. The van der Waals surface area contributed by atoms with E-state index in [1.807, 2.05) is 54.6 Å². The lowest BCUT2D eigenvalue weighted by Crippen LogP contribution is -2.32. The first-order chi connectivity index (χ1) is 15.7. The SMILES string of the molecule is COc1cccc(OCCNC(=O)Nc2cccc(COc3ccc4c(c3)OCO4)c2)c1. The van der Waals surface area contributed by atoms with Crippen molar-refractivity contribution in [1.29, 1.82) is 0 Å². The highest BCUT2D eigenvalue weighted by atomic mass is 16.7. The van der Waals surface area contributed by atoms with Crippen molar-refractivity contribution in [1.82, 2.24) is 5.32 Å². The molecule has 0 aromatic heterocycles. The van der Waals surface area contributed by atoms with Crippen LogP contribution in [0.25, 0.3) is 0 Å². The van der Waals surface area contributed by atoms with Crippen LogP contribution in [0.5, 0.6) is 28.7 Å². The molecule has 0 spiro atoms. The quantitative estimate of drug-likeness (QED) is 0.489. The third kappa shape index (κ3) is 5.75. The average molecular weight is 436 g/mol. The summed E-state index contributed by atoms with van der Waals surface area (Å²) in [5, 5.41) is 5.58. The van der Waals surface area contributed by atoms with E-state index in [0.717, 1.165) is 11.3 Å².